The van der Waals surface area contributed by atoms with Crippen LogP contribution in [0.1, 0.15) is 12.8 Å². The van der Waals surface area contributed by atoms with Crippen molar-refractivity contribution in [2.24, 2.45) is 5.92 Å². The molecule has 0 amide bonds. The third kappa shape index (κ3) is 4.76. The molecule has 0 rings (SSSR count). The van der Waals surface area contributed by atoms with Crippen molar-refractivity contribution in [3.8, 4) is 0 Å². The summed E-state index contributed by atoms with van der Waals surface area (Å²) in [4.78, 5) is 10.2. The van der Waals surface area contributed by atoms with E-state index in [-0.39, 0.29) is 6.42 Å². The van der Waals surface area contributed by atoms with Crippen LogP contribution in [-0.2, 0) is 4.79 Å². The topological polar surface area (TPSA) is 37.3 Å². The maximum atomic E-state index is 11.7. The molecule has 0 saturated carbocycles. The predicted octanol–water partition coefficient (Wildman–Crippen LogP) is 2.22. The Morgan fingerprint density at radius 2 is 2.08 bits per heavy atom. The van der Waals surface area contributed by atoms with Crippen LogP contribution in [-0.4, -0.2) is 17.3 Å². The van der Waals surface area contributed by atoms with Gasteiger partial charge in [0, 0.05) is 0 Å². The van der Waals surface area contributed by atoms with Crippen molar-refractivity contribution in [3.05, 3.63) is 12.7 Å². The minimum atomic E-state index is -4.42. The Hall–Kier alpha value is -1.00. The van der Waals surface area contributed by atoms with Crippen LogP contribution in [0.5, 0.6) is 0 Å². The van der Waals surface area contributed by atoms with Crippen LogP contribution in [0.4, 0.5) is 13.2 Å². The molecule has 5 heteroatoms. The van der Waals surface area contributed by atoms with Gasteiger partial charge < -0.3 is 5.11 Å². The van der Waals surface area contributed by atoms with Gasteiger partial charge in [0.05, 0.1) is 12.3 Å². The van der Waals surface area contributed by atoms with Gasteiger partial charge in [-0.25, -0.2) is 0 Å². The minimum absolute atomic E-state index is 0.158. The second-order valence-electron chi connectivity index (χ2n) is 2.38. The van der Waals surface area contributed by atoms with Crippen molar-refractivity contribution in [2.75, 3.05) is 0 Å². The van der Waals surface area contributed by atoms with Crippen LogP contribution in [0, 0.1) is 5.92 Å². The third-order valence-electron chi connectivity index (χ3n) is 1.28. The number of aliphatic carboxylic acids is 1. The molecule has 0 heterocycles. The van der Waals surface area contributed by atoms with Crippen molar-refractivity contribution in [1.29, 1.82) is 0 Å². The molecule has 0 unspecified atom stereocenters. The standard InChI is InChI=1S/C7H9F3O2/c1-2-3-5(6(11)12)4-7(8,9)10/h2,5H,1,3-4H2,(H,11,12)/t5-/m1/s1. The third-order valence-corrected chi connectivity index (χ3v) is 1.28. The Labute approximate surface area is 67.7 Å². The van der Waals surface area contributed by atoms with Gasteiger partial charge in [0.1, 0.15) is 0 Å². The first-order chi connectivity index (χ1) is 5.37. The lowest BCUT2D eigenvalue weighted by atomic mass is 10.0. The molecule has 0 aromatic carbocycles. The summed E-state index contributed by atoms with van der Waals surface area (Å²) in [7, 11) is 0. The maximum absolute atomic E-state index is 11.7. The minimum Gasteiger partial charge on any atom is -0.481 e. The molecule has 1 atom stereocenters. The molecule has 0 aliphatic rings. The van der Waals surface area contributed by atoms with Gasteiger partial charge in [-0.05, 0) is 6.42 Å². The molecule has 1 N–H and O–H groups in total. The molecule has 0 saturated heterocycles. The fourth-order valence-electron chi connectivity index (χ4n) is 0.752. The first kappa shape index (κ1) is 11.0. The summed E-state index contributed by atoms with van der Waals surface area (Å²) in [5.41, 5.74) is 0. The van der Waals surface area contributed by atoms with E-state index in [9.17, 15) is 18.0 Å². The smallest absolute Gasteiger partial charge is 0.389 e. The number of hydrogen-bond acceptors (Lipinski definition) is 1. The SMILES string of the molecule is C=CC[C@H](CC(F)(F)F)C(=O)O. The summed E-state index contributed by atoms with van der Waals surface area (Å²) in [6.45, 7) is 3.18. The number of carbonyl (C=O) groups is 1. The van der Waals surface area contributed by atoms with Crippen molar-refractivity contribution in [1.82, 2.24) is 0 Å². The molecule has 12 heavy (non-hydrogen) atoms. The van der Waals surface area contributed by atoms with E-state index < -0.39 is 24.5 Å². The molecule has 0 aromatic heterocycles. The molecule has 70 valence electrons. The van der Waals surface area contributed by atoms with Crippen LogP contribution < -0.4 is 0 Å². The first-order valence-corrected chi connectivity index (χ1v) is 3.27. The number of halogens is 3. The lowest BCUT2D eigenvalue weighted by molar-refractivity contribution is -0.163. The number of rotatable bonds is 4. The van der Waals surface area contributed by atoms with E-state index in [2.05, 4.69) is 6.58 Å². The predicted molar refractivity (Wildman–Crippen MR) is 36.6 cm³/mol. The molecule has 0 spiro atoms. The number of allylic oxidation sites excluding steroid dienone is 1. The van der Waals surface area contributed by atoms with Gasteiger partial charge in [0.15, 0.2) is 0 Å². The highest BCUT2D eigenvalue weighted by Crippen LogP contribution is 2.26. The van der Waals surface area contributed by atoms with E-state index in [1.165, 1.54) is 6.08 Å². The summed E-state index contributed by atoms with van der Waals surface area (Å²) in [5, 5.41) is 8.32. The van der Waals surface area contributed by atoms with Crippen LogP contribution >= 0.6 is 0 Å². The molecule has 0 aliphatic heterocycles. The largest absolute Gasteiger partial charge is 0.481 e. The molecular formula is C7H9F3O2. The van der Waals surface area contributed by atoms with Crippen LogP contribution in [0.3, 0.4) is 0 Å². The normalized spacial score (nSPS) is 13.9. The Bertz CT molecular complexity index is 174. The zero-order valence-electron chi connectivity index (χ0n) is 6.27. The van der Waals surface area contributed by atoms with Gasteiger partial charge in [-0.1, -0.05) is 6.08 Å². The van der Waals surface area contributed by atoms with Crippen LogP contribution in [0.25, 0.3) is 0 Å². The Morgan fingerprint density at radius 1 is 1.58 bits per heavy atom. The summed E-state index contributed by atoms with van der Waals surface area (Å²) in [6.07, 6.45) is -4.71. The van der Waals surface area contributed by atoms with Crippen molar-refractivity contribution < 1.29 is 23.1 Å². The van der Waals surface area contributed by atoms with E-state index >= 15 is 0 Å². The number of alkyl halides is 3. The van der Waals surface area contributed by atoms with Crippen molar-refractivity contribution in [3.63, 3.8) is 0 Å². The van der Waals surface area contributed by atoms with Gasteiger partial charge in [-0.15, -0.1) is 6.58 Å². The summed E-state index contributed by atoms with van der Waals surface area (Å²) in [6, 6.07) is 0. The highest BCUT2D eigenvalue weighted by molar-refractivity contribution is 5.70. The fourth-order valence-corrected chi connectivity index (χ4v) is 0.752. The van der Waals surface area contributed by atoms with E-state index in [1.807, 2.05) is 0 Å². The summed E-state index contributed by atoms with van der Waals surface area (Å²) in [5.74, 6) is -2.84. The van der Waals surface area contributed by atoms with E-state index in [0.717, 1.165) is 0 Å². The molecule has 2 nitrogen and oxygen atoms in total. The Balaban J connectivity index is 4.13. The zero-order valence-corrected chi connectivity index (χ0v) is 6.27. The van der Waals surface area contributed by atoms with Gasteiger partial charge in [0.2, 0.25) is 0 Å². The molecule has 0 aromatic rings. The fraction of sp³-hybridized carbons (Fsp3) is 0.571. The van der Waals surface area contributed by atoms with Gasteiger partial charge >= 0.3 is 12.1 Å². The number of carboxylic acid groups (broad SMARTS) is 1. The van der Waals surface area contributed by atoms with Crippen molar-refractivity contribution in [2.45, 2.75) is 19.0 Å². The maximum Gasteiger partial charge on any atom is 0.389 e. The van der Waals surface area contributed by atoms with Gasteiger partial charge in [-0.2, -0.15) is 13.2 Å². The van der Waals surface area contributed by atoms with Crippen molar-refractivity contribution >= 4 is 5.97 Å². The average molecular weight is 182 g/mol. The first-order valence-electron chi connectivity index (χ1n) is 3.27. The highest BCUT2D eigenvalue weighted by atomic mass is 19.4. The second kappa shape index (κ2) is 4.13. The average Bonchev–Trinajstić information content (AvgIpc) is 1.83. The molecule has 0 fully saturated rings. The highest BCUT2D eigenvalue weighted by Gasteiger charge is 2.34. The quantitative estimate of drug-likeness (QED) is 0.677. The van der Waals surface area contributed by atoms with Crippen LogP contribution in [0.15, 0.2) is 12.7 Å². The number of hydrogen-bond donors (Lipinski definition) is 1. The molecule has 0 bridgehead atoms. The summed E-state index contributed by atoms with van der Waals surface area (Å²) < 4.78 is 35.1. The van der Waals surface area contributed by atoms with Gasteiger partial charge in [0.25, 0.3) is 0 Å². The lowest BCUT2D eigenvalue weighted by Gasteiger charge is -2.11. The lowest BCUT2D eigenvalue weighted by Crippen LogP contribution is -2.21. The summed E-state index contributed by atoms with van der Waals surface area (Å²) >= 11 is 0. The molecular weight excluding hydrogens is 173 g/mol. The van der Waals surface area contributed by atoms with Crippen LogP contribution in [0.2, 0.25) is 0 Å². The Kier molecular flexibility index (Phi) is 3.79. The number of carboxylic acids is 1. The second-order valence-corrected chi connectivity index (χ2v) is 2.38. The molecule has 0 aliphatic carbocycles. The monoisotopic (exact) mass is 182 g/mol. The van der Waals surface area contributed by atoms with E-state index in [4.69, 9.17) is 5.11 Å². The Morgan fingerprint density at radius 3 is 2.33 bits per heavy atom. The molecule has 0 radical (unpaired) electrons. The zero-order chi connectivity index (χ0) is 9.78. The van der Waals surface area contributed by atoms with Gasteiger partial charge in [-0.3, -0.25) is 4.79 Å². The van der Waals surface area contributed by atoms with E-state index in [0.29, 0.717) is 0 Å². The van der Waals surface area contributed by atoms with E-state index in [1.54, 1.807) is 0 Å².